The number of nitrogens with zero attached hydrogens (tertiary/aromatic N) is 1. The van der Waals surface area contributed by atoms with Crippen LogP contribution in [-0.2, 0) is 0 Å². The van der Waals surface area contributed by atoms with E-state index in [1.54, 1.807) is 13.2 Å². The lowest BCUT2D eigenvalue weighted by atomic mass is 10.1. The molecule has 0 saturated heterocycles. The summed E-state index contributed by atoms with van der Waals surface area (Å²) in [5, 5.41) is 0.622. The lowest BCUT2D eigenvalue weighted by Gasteiger charge is -2.24. The third-order valence-corrected chi connectivity index (χ3v) is 3.53. The van der Waals surface area contributed by atoms with E-state index in [0.717, 1.165) is 5.69 Å². The Bertz CT molecular complexity index is 613. The lowest BCUT2D eigenvalue weighted by molar-refractivity contribution is 0.0999. The second-order valence-electron chi connectivity index (χ2n) is 4.62. The van der Waals surface area contributed by atoms with Gasteiger partial charge in [0.1, 0.15) is 5.75 Å². The van der Waals surface area contributed by atoms with E-state index in [9.17, 15) is 4.79 Å². The summed E-state index contributed by atoms with van der Waals surface area (Å²) in [5.41, 5.74) is 1.54. The number of Topliss-reactive ketones (excluding diaryl/α,β-unsaturated/α-hetero) is 1. The number of hydrogen-bond donors (Lipinski definition) is 0. The molecule has 2 aromatic carbocycles. The summed E-state index contributed by atoms with van der Waals surface area (Å²) in [4.78, 5) is 14.3. The highest BCUT2D eigenvalue weighted by Gasteiger charge is 2.15. The lowest BCUT2D eigenvalue weighted by Crippen LogP contribution is -2.30. The quantitative estimate of drug-likeness (QED) is 0.754. The third-order valence-electron chi connectivity index (χ3n) is 3.29. The van der Waals surface area contributed by atoms with Crippen LogP contribution in [0.2, 0.25) is 5.02 Å². The second-order valence-corrected chi connectivity index (χ2v) is 5.06. The average Bonchev–Trinajstić information content (AvgIpc) is 2.53. The highest BCUT2D eigenvalue weighted by molar-refractivity contribution is 6.31. The summed E-state index contributed by atoms with van der Waals surface area (Å²) in [6.45, 7) is 2.98. The van der Waals surface area contributed by atoms with Crippen LogP contribution in [0.15, 0.2) is 48.5 Å². The van der Waals surface area contributed by atoms with Gasteiger partial charge in [-0.15, -0.1) is 0 Å². The summed E-state index contributed by atoms with van der Waals surface area (Å²) in [7, 11) is 1.61. The minimum absolute atomic E-state index is 0.0690. The first-order valence-corrected chi connectivity index (χ1v) is 7.20. The van der Waals surface area contributed by atoms with Crippen LogP contribution in [0, 0.1) is 0 Å². The van der Waals surface area contributed by atoms with Crippen LogP contribution >= 0.6 is 11.6 Å². The fourth-order valence-corrected chi connectivity index (χ4v) is 2.33. The molecule has 0 atom stereocenters. The molecule has 0 spiro atoms. The van der Waals surface area contributed by atoms with Gasteiger partial charge in [0.2, 0.25) is 0 Å². The third kappa shape index (κ3) is 3.76. The second kappa shape index (κ2) is 7.14. The van der Waals surface area contributed by atoms with E-state index in [4.69, 9.17) is 16.3 Å². The molecule has 0 aliphatic heterocycles. The van der Waals surface area contributed by atoms with Gasteiger partial charge in [0, 0.05) is 17.1 Å². The van der Waals surface area contributed by atoms with E-state index >= 15 is 0 Å². The van der Waals surface area contributed by atoms with Crippen LogP contribution in [0.4, 0.5) is 5.69 Å². The number of methoxy groups -OCH3 is 1. The molecule has 2 aromatic rings. The number of anilines is 1. The normalized spacial score (nSPS) is 10.2. The Hall–Kier alpha value is -2.00. The molecular formula is C17H18ClNO2. The molecular weight excluding hydrogens is 286 g/mol. The van der Waals surface area contributed by atoms with E-state index in [0.29, 0.717) is 22.9 Å². The molecule has 3 nitrogen and oxygen atoms in total. The van der Waals surface area contributed by atoms with Crippen molar-refractivity contribution < 1.29 is 9.53 Å². The summed E-state index contributed by atoms with van der Waals surface area (Å²) >= 11 is 6.06. The van der Waals surface area contributed by atoms with Crippen LogP contribution in [0.25, 0.3) is 0 Å². The molecule has 110 valence electrons. The van der Waals surface area contributed by atoms with Gasteiger partial charge in [-0.3, -0.25) is 4.79 Å². The summed E-state index contributed by atoms with van der Waals surface area (Å²) in [6, 6.07) is 14.7. The van der Waals surface area contributed by atoms with Crippen molar-refractivity contribution in [1.29, 1.82) is 0 Å². The highest BCUT2D eigenvalue weighted by Crippen LogP contribution is 2.31. The van der Waals surface area contributed by atoms with Gasteiger partial charge in [-0.05, 0) is 25.1 Å². The highest BCUT2D eigenvalue weighted by atomic mass is 35.5. The first-order valence-electron chi connectivity index (χ1n) is 6.82. The molecule has 4 heteroatoms. The number of hydrogen-bond acceptors (Lipinski definition) is 3. The van der Waals surface area contributed by atoms with Gasteiger partial charge in [0.15, 0.2) is 5.78 Å². The molecule has 0 radical (unpaired) electrons. The van der Waals surface area contributed by atoms with Crippen molar-refractivity contribution in [2.24, 2.45) is 0 Å². The molecule has 0 aliphatic rings. The zero-order chi connectivity index (χ0) is 15.2. The molecule has 2 rings (SSSR count). The molecule has 21 heavy (non-hydrogen) atoms. The van der Waals surface area contributed by atoms with Gasteiger partial charge in [-0.2, -0.15) is 0 Å². The van der Waals surface area contributed by atoms with Crippen molar-refractivity contribution >= 4 is 23.1 Å². The van der Waals surface area contributed by atoms with E-state index in [1.807, 2.05) is 54.3 Å². The number of rotatable bonds is 6. The topological polar surface area (TPSA) is 29.5 Å². The van der Waals surface area contributed by atoms with Crippen LogP contribution in [0.5, 0.6) is 5.75 Å². The number of halogens is 1. The maximum Gasteiger partial charge on any atom is 0.182 e. The fraction of sp³-hybridized carbons (Fsp3) is 0.235. The van der Waals surface area contributed by atoms with Gasteiger partial charge < -0.3 is 9.64 Å². The van der Waals surface area contributed by atoms with Gasteiger partial charge in [-0.25, -0.2) is 0 Å². The van der Waals surface area contributed by atoms with Gasteiger partial charge in [0.25, 0.3) is 0 Å². The van der Waals surface area contributed by atoms with E-state index < -0.39 is 0 Å². The average molecular weight is 304 g/mol. The Morgan fingerprint density at radius 3 is 2.52 bits per heavy atom. The molecule has 0 unspecified atom stereocenters. The van der Waals surface area contributed by atoms with Crippen molar-refractivity contribution in [1.82, 2.24) is 0 Å². The molecule has 0 aliphatic carbocycles. The largest absolute Gasteiger partial charge is 0.495 e. The van der Waals surface area contributed by atoms with Crippen LogP contribution in [-0.4, -0.2) is 26.0 Å². The minimum atomic E-state index is 0.0690. The maximum absolute atomic E-state index is 12.4. The maximum atomic E-state index is 12.4. The Morgan fingerprint density at radius 1 is 1.19 bits per heavy atom. The zero-order valence-corrected chi connectivity index (χ0v) is 12.9. The molecule has 0 fully saturated rings. The standard InChI is InChI=1S/C17H18ClNO2/c1-3-19(12-16(20)13-7-5-4-6-8-13)15-11-14(18)9-10-17(15)21-2/h4-11H,3,12H2,1-2H3. The SMILES string of the molecule is CCN(CC(=O)c1ccccc1)c1cc(Cl)ccc1OC. The predicted octanol–water partition coefficient (Wildman–Crippen LogP) is 4.06. The number of ether oxygens (including phenoxy) is 1. The number of carbonyl (C=O) groups is 1. The van der Waals surface area contributed by atoms with Gasteiger partial charge in [0.05, 0.1) is 19.3 Å². The van der Waals surface area contributed by atoms with Gasteiger partial charge in [-0.1, -0.05) is 41.9 Å². The first kappa shape index (κ1) is 15.4. The smallest absolute Gasteiger partial charge is 0.182 e. The van der Waals surface area contributed by atoms with E-state index in [-0.39, 0.29) is 12.3 Å². The Kier molecular flexibility index (Phi) is 5.23. The Balaban J connectivity index is 2.24. The molecule has 0 heterocycles. The van der Waals surface area contributed by atoms with Crippen LogP contribution in [0.1, 0.15) is 17.3 Å². The molecule has 0 amide bonds. The van der Waals surface area contributed by atoms with Crippen molar-refractivity contribution in [3.63, 3.8) is 0 Å². The number of likely N-dealkylation sites (N-methyl/N-ethyl adjacent to an activating group) is 1. The predicted molar refractivity (Wildman–Crippen MR) is 86.7 cm³/mol. The summed E-state index contributed by atoms with van der Waals surface area (Å²) in [6.07, 6.45) is 0. The minimum Gasteiger partial charge on any atom is -0.495 e. The number of ketones is 1. The summed E-state index contributed by atoms with van der Waals surface area (Å²) in [5.74, 6) is 0.779. The monoisotopic (exact) mass is 303 g/mol. The van der Waals surface area contributed by atoms with Crippen molar-refractivity contribution in [3.05, 3.63) is 59.1 Å². The Labute approximate surface area is 130 Å². The molecule has 0 saturated carbocycles. The van der Waals surface area contributed by atoms with E-state index in [2.05, 4.69) is 0 Å². The molecule has 0 bridgehead atoms. The zero-order valence-electron chi connectivity index (χ0n) is 12.2. The van der Waals surface area contributed by atoms with Crippen LogP contribution < -0.4 is 9.64 Å². The Morgan fingerprint density at radius 2 is 1.90 bits per heavy atom. The van der Waals surface area contributed by atoms with Crippen LogP contribution in [0.3, 0.4) is 0 Å². The molecule has 0 aromatic heterocycles. The van der Waals surface area contributed by atoms with Crippen molar-refractivity contribution in [2.45, 2.75) is 6.92 Å². The van der Waals surface area contributed by atoms with Crippen molar-refractivity contribution in [3.8, 4) is 5.75 Å². The fourth-order valence-electron chi connectivity index (χ4n) is 2.17. The number of carbonyl (C=O) groups excluding carboxylic acids is 1. The number of benzene rings is 2. The van der Waals surface area contributed by atoms with Gasteiger partial charge >= 0.3 is 0 Å². The van der Waals surface area contributed by atoms with Crippen molar-refractivity contribution in [2.75, 3.05) is 25.1 Å². The summed E-state index contributed by atoms with van der Waals surface area (Å²) < 4.78 is 5.36. The van der Waals surface area contributed by atoms with E-state index in [1.165, 1.54) is 0 Å². The first-order chi connectivity index (χ1) is 10.2. The molecule has 0 N–H and O–H groups in total.